The molecule has 1 aliphatic rings. The Kier molecular flexibility index (Phi) is 7.47. The molecule has 1 aliphatic heterocycles. The van der Waals surface area contributed by atoms with Crippen LogP contribution in [0.4, 0.5) is 11.4 Å². The molecule has 0 aromatic heterocycles. The topological polar surface area (TPSA) is 71.1 Å². The van der Waals surface area contributed by atoms with E-state index in [-0.39, 0.29) is 31.4 Å². The number of nitrogens with zero attached hydrogens (tertiary/aromatic N) is 2. The first kappa shape index (κ1) is 20.7. The molecule has 1 N–H and O–H groups in total. The van der Waals surface area contributed by atoms with Crippen LogP contribution in [-0.2, 0) is 14.3 Å². The van der Waals surface area contributed by atoms with Crippen molar-refractivity contribution in [1.29, 1.82) is 0 Å². The summed E-state index contributed by atoms with van der Waals surface area (Å²) in [4.78, 5) is 28.1. The van der Waals surface area contributed by atoms with Crippen molar-refractivity contribution in [3.05, 3.63) is 54.6 Å². The van der Waals surface area contributed by atoms with E-state index in [1.165, 1.54) is 4.90 Å². The number of anilines is 2. The molecule has 0 radical (unpaired) electrons. The summed E-state index contributed by atoms with van der Waals surface area (Å²) >= 11 is 0. The summed E-state index contributed by atoms with van der Waals surface area (Å²) in [6.45, 7) is 3.47. The second-order valence-electron chi connectivity index (χ2n) is 6.86. The Morgan fingerprint density at radius 1 is 1.07 bits per heavy atom. The van der Waals surface area contributed by atoms with E-state index < -0.39 is 0 Å². The van der Waals surface area contributed by atoms with Crippen molar-refractivity contribution < 1.29 is 19.1 Å². The molecule has 0 saturated carbocycles. The predicted octanol–water partition coefficient (Wildman–Crippen LogP) is 2.39. The first-order valence-corrected chi connectivity index (χ1v) is 9.76. The number of rotatable bonds is 8. The Labute approximate surface area is 171 Å². The number of morpholine rings is 1. The van der Waals surface area contributed by atoms with Gasteiger partial charge in [-0.15, -0.1) is 0 Å². The van der Waals surface area contributed by atoms with Crippen LogP contribution in [0.25, 0.3) is 0 Å². The fraction of sp³-hybridized carbons (Fsp3) is 0.364. The number of nitrogens with one attached hydrogen (secondary N) is 1. The molecule has 0 atom stereocenters. The van der Waals surface area contributed by atoms with Crippen LogP contribution >= 0.6 is 0 Å². The summed E-state index contributed by atoms with van der Waals surface area (Å²) in [7, 11) is 1.62. The summed E-state index contributed by atoms with van der Waals surface area (Å²) in [6, 6.07) is 17.0. The van der Waals surface area contributed by atoms with E-state index in [1.807, 2.05) is 54.6 Å². The maximum atomic E-state index is 12.2. The second-order valence-corrected chi connectivity index (χ2v) is 6.86. The predicted molar refractivity (Wildman–Crippen MR) is 112 cm³/mol. The molecule has 7 heteroatoms. The van der Waals surface area contributed by atoms with Crippen LogP contribution in [0.1, 0.15) is 6.42 Å². The quantitative estimate of drug-likeness (QED) is 0.741. The minimum absolute atomic E-state index is 0.00458. The first-order valence-electron chi connectivity index (χ1n) is 9.76. The zero-order valence-corrected chi connectivity index (χ0v) is 16.7. The smallest absolute Gasteiger partial charge is 0.243 e. The molecule has 154 valence electrons. The molecule has 2 aromatic carbocycles. The van der Waals surface area contributed by atoms with Gasteiger partial charge in [0.15, 0.2) is 0 Å². The van der Waals surface area contributed by atoms with Gasteiger partial charge in [-0.05, 0) is 36.4 Å². The number of amides is 2. The molecule has 0 aliphatic carbocycles. The lowest BCUT2D eigenvalue weighted by Crippen LogP contribution is -2.36. The van der Waals surface area contributed by atoms with E-state index in [0.717, 1.165) is 37.7 Å². The minimum Gasteiger partial charge on any atom is -0.493 e. The van der Waals surface area contributed by atoms with Crippen molar-refractivity contribution >= 4 is 23.2 Å². The number of hydrogen-bond acceptors (Lipinski definition) is 5. The molecule has 29 heavy (non-hydrogen) atoms. The summed E-state index contributed by atoms with van der Waals surface area (Å²) in [5.74, 6) is 0.351. The highest BCUT2D eigenvalue weighted by Crippen LogP contribution is 2.19. The van der Waals surface area contributed by atoms with Gasteiger partial charge < -0.3 is 24.6 Å². The van der Waals surface area contributed by atoms with E-state index in [0.29, 0.717) is 5.69 Å². The van der Waals surface area contributed by atoms with Gasteiger partial charge in [-0.25, -0.2) is 0 Å². The standard InChI is InChI=1S/C22H27N3O4/c1-24(22(27)11-14-29-20-5-3-2-4-6-20)17-21(26)23-18-7-9-19(10-8-18)25-12-15-28-16-13-25/h2-10H,11-17H2,1H3,(H,23,26). The Hall–Kier alpha value is -3.06. The number of carbonyl (C=O) groups is 2. The van der Waals surface area contributed by atoms with Crippen molar-refractivity contribution in [2.75, 3.05) is 56.7 Å². The summed E-state index contributed by atoms with van der Waals surface area (Å²) in [5.41, 5.74) is 1.82. The summed E-state index contributed by atoms with van der Waals surface area (Å²) in [5, 5.41) is 2.83. The zero-order chi connectivity index (χ0) is 20.5. The summed E-state index contributed by atoms with van der Waals surface area (Å²) in [6.07, 6.45) is 0.215. The third kappa shape index (κ3) is 6.50. The van der Waals surface area contributed by atoms with E-state index in [9.17, 15) is 9.59 Å². The molecule has 0 spiro atoms. The Morgan fingerprint density at radius 2 is 1.76 bits per heavy atom. The largest absolute Gasteiger partial charge is 0.493 e. The molecule has 2 aromatic rings. The van der Waals surface area contributed by atoms with Crippen LogP contribution < -0.4 is 15.0 Å². The van der Waals surface area contributed by atoms with Crippen LogP contribution in [-0.4, -0.2) is 63.2 Å². The Bertz CT molecular complexity index is 789. The molecule has 1 heterocycles. The minimum atomic E-state index is -0.232. The van der Waals surface area contributed by atoms with E-state index in [4.69, 9.17) is 9.47 Å². The molecule has 0 unspecified atom stereocenters. The molecule has 3 rings (SSSR count). The average Bonchev–Trinajstić information content (AvgIpc) is 2.75. The third-order valence-electron chi connectivity index (χ3n) is 4.66. The fourth-order valence-corrected chi connectivity index (χ4v) is 3.05. The van der Waals surface area contributed by atoms with Crippen molar-refractivity contribution in [3.63, 3.8) is 0 Å². The normalized spacial score (nSPS) is 13.6. The highest BCUT2D eigenvalue weighted by molar-refractivity contribution is 5.94. The van der Waals surface area contributed by atoms with Crippen LogP contribution in [0.15, 0.2) is 54.6 Å². The maximum Gasteiger partial charge on any atom is 0.243 e. The molecule has 2 amide bonds. The van der Waals surface area contributed by atoms with E-state index in [2.05, 4.69) is 10.2 Å². The van der Waals surface area contributed by atoms with E-state index in [1.54, 1.807) is 7.05 Å². The van der Waals surface area contributed by atoms with Crippen LogP contribution in [0.3, 0.4) is 0 Å². The van der Waals surface area contributed by atoms with Crippen LogP contribution in [0, 0.1) is 0 Å². The van der Waals surface area contributed by atoms with Gasteiger partial charge in [0.05, 0.1) is 32.8 Å². The maximum absolute atomic E-state index is 12.2. The lowest BCUT2D eigenvalue weighted by molar-refractivity contribution is -0.133. The molecule has 0 bridgehead atoms. The number of likely N-dealkylation sites (N-methyl/N-ethyl adjacent to an activating group) is 1. The monoisotopic (exact) mass is 397 g/mol. The Balaban J connectivity index is 1.40. The third-order valence-corrected chi connectivity index (χ3v) is 4.66. The fourth-order valence-electron chi connectivity index (χ4n) is 3.05. The lowest BCUT2D eigenvalue weighted by atomic mass is 10.2. The first-order chi connectivity index (χ1) is 14.1. The summed E-state index contributed by atoms with van der Waals surface area (Å²) < 4.78 is 10.9. The van der Waals surface area contributed by atoms with Gasteiger partial charge in [0, 0.05) is 31.5 Å². The lowest BCUT2D eigenvalue weighted by Gasteiger charge is -2.28. The van der Waals surface area contributed by atoms with E-state index >= 15 is 0 Å². The van der Waals surface area contributed by atoms with Crippen molar-refractivity contribution in [3.8, 4) is 5.75 Å². The van der Waals surface area contributed by atoms with Gasteiger partial charge in [-0.2, -0.15) is 0 Å². The molecular weight excluding hydrogens is 370 g/mol. The number of hydrogen-bond donors (Lipinski definition) is 1. The molecule has 7 nitrogen and oxygen atoms in total. The van der Waals surface area contributed by atoms with Crippen molar-refractivity contribution in [2.24, 2.45) is 0 Å². The SMILES string of the molecule is CN(CC(=O)Nc1ccc(N2CCOCC2)cc1)C(=O)CCOc1ccccc1. The number of ether oxygens (including phenoxy) is 2. The van der Waals surface area contributed by atoms with Crippen LogP contribution in [0.5, 0.6) is 5.75 Å². The zero-order valence-electron chi connectivity index (χ0n) is 16.7. The van der Waals surface area contributed by atoms with Gasteiger partial charge in [0.1, 0.15) is 5.75 Å². The number of benzene rings is 2. The van der Waals surface area contributed by atoms with Gasteiger partial charge in [-0.1, -0.05) is 18.2 Å². The van der Waals surface area contributed by atoms with Gasteiger partial charge in [-0.3, -0.25) is 9.59 Å². The van der Waals surface area contributed by atoms with Gasteiger partial charge >= 0.3 is 0 Å². The molecule has 1 saturated heterocycles. The Morgan fingerprint density at radius 3 is 2.45 bits per heavy atom. The molecule has 1 fully saturated rings. The molecular formula is C22H27N3O4. The number of para-hydroxylation sites is 1. The average molecular weight is 397 g/mol. The highest BCUT2D eigenvalue weighted by atomic mass is 16.5. The highest BCUT2D eigenvalue weighted by Gasteiger charge is 2.14. The van der Waals surface area contributed by atoms with Crippen LogP contribution in [0.2, 0.25) is 0 Å². The number of carbonyl (C=O) groups excluding carboxylic acids is 2. The van der Waals surface area contributed by atoms with Crippen molar-refractivity contribution in [1.82, 2.24) is 4.90 Å². The van der Waals surface area contributed by atoms with Crippen molar-refractivity contribution in [2.45, 2.75) is 6.42 Å². The second kappa shape index (κ2) is 10.5. The van der Waals surface area contributed by atoms with Gasteiger partial charge in [0.25, 0.3) is 0 Å². The van der Waals surface area contributed by atoms with Gasteiger partial charge in [0.2, 0.25) is 11.8 Å².